The molecule has 1 saturated carbocycles. The van der Waals surface area contributed by atoms with E-state index in [0.717, 1.165) is 18.3 Å². The molecule has 94 valence electrons. The van der Waals surface area contributed by atoms with Gasteiger partial charge in [-0.2, -0.15) is 0 Å². The third kappa shape index (κ3) is 4.39. The van der Waals surface area contributed by atoms with Gasteiger partial charge in [0.1, 0.15) is 5.84 Å². The Hall–Kier alpha value is -0.770. The fraction of sp³-hybridized carbons (Fsp3) is 0.917. The van der Waals surface area contributed by atoms with Crippen molar-refractivity contribution in [1.82, 2.24) is 0 Å². The fourth-order valence-electron chi connectivity index (χ4n) is 2.20. The maximum Gasteiger partial charge on any atom is 0.139 e. The molecule has 3 atom stereocenters. The predicted molar refractivity (Wildman–Crippen MR) is 64.6 cm³/mol. The lowest BCUT2D eigenvalue weighted by molar-refractivity contribution is 0.00219. The van der Waals surface area contributed by atoms with Gasteiger partial charge in [0.25, 0.3) is 0 Å². The molecular formula is C12H24N2O2. The van der Waals surface area contributed by atoms with Gasteiger partial charge in [0.05, 0.1) is 6.10 Å². The average molecular weight is 228 g/mol. The molecule has 0 saturated heterocycles. The number of amidine groups is 1. The standard InChI is InChI=1S/C12H24N2O2/c1-9-5-6-11(8-10(9)2)16-7-3-4-12(13)14-15/h9-11,15H,3-8H2,1-2H3,(H2,13,14). The normalized spacial score (nSPS) is 31.6. The van der Waals surface area contributed by atoms with E-state index in [0.29, 0.717) is 19.1 Å². The van der Waals surface area contributed by atoms with Crippen molar-refractivity contribution in [2.24, 2.45) is 22.7 Å². The zero-order valence-corrected chi connectivity index (χ0v) is 10.4. The first-order valence-corrected chi connectivity index (χ1v) is 6.21. The van der Waals surface area contributed by atoms with Crippen LogP contribution in [-0.2, 0) is 4.74 Å². The van der Waals surface area contributed by atoms with Gasteiger partial charge in [0.15, 0.2) is 0 Å². The van der Waals surface area contributed by atoms with Gasteiger partial charge in [-0.15, -0.1) is 0 Å². The van der Waals surface area contributed by atoms with Gasteiger partial charge in [-0.3, -0.25) is 0 Å². The second-order valence-corrected chi connectivity index (χ2v) is 4.96. The van der Waals surface area contributed by atoms with Crippen molar-refractivity contribution < 1.29 is 9.94 Å². The molecule has 3 unspecified atom stereocenters. The summed E-state index contributed by atoms with van der Waals surface area (Å²) >= 11 is 0. The molecule has 1 aliphatic rings. The van der Waals surface area contributed by atoms with Gasteiger partial charge >= 0.3 is 0 Å². The monoisotopic (exact) mass is 228 g/mol. The number of ether oxygens (including phenoxy) is 1. The van der Waals surface area contributed by atoms with Crippen molar-refractivity contribution in [1.29, 1.82) is 0 Å². The molecule has 0 aromatic rings. The van der Waals surface area contributed by atoms with E-state index >= 15 is 0 Å². The summed E-state index contributed by atoms with van der Waals surface area (Å²) in [6.45, 7) is 5.33. The molecule has 1 fully saturated rings. The minimum atomic E-state index is 0.286. The molecule has 0 bridgehead atoms. The Morgan fingerprint density at radius 2 is 2.12 bits per heavy atom. The van der Waals surface area contributed by atoms with Gasteiger partial charge in [-0.05, 0) is 37.5 Å². The highest BCUT2D eigenvalue weighted by molar-refractivity contribution is 5.79. The van der Waals surface area contributed by atoms with E-state index in [-0.39, 0.29) is 5.84 Å². The van der Waals surface area contributed by atoms with Crippen LogP contribution in [0, 0.1) is 11.8 Å². The van der Waals surface area contributed by atoms with Gasteiger partial charge in [-0.1, -0.05) is 19.0 Å². The summed E-state index contributed by atoms with van der Waals surface area (Å²) in [5, 5.41) is 11.3. The highest BCUT2D eigenvalue weighted by Gasteiger charge is 2.24. The summed E-state index contributed by atoms with van der Waals surface area (Å²) in [6.07, 6.45) is 5.47. The van der Waals surface area contributed by atoms with Crippen molar-refractivity contribution >= 4 is 5.84 Å². The highest BCUT2D eigenvalue weighted by atomic mass is 16.5. The van der Waals surface area contributed by atoms with E-state index in [1.807, 2.05) is 0 Å². The number of hydrogen-bond acceptors (Lipinski definition) is 3. The first-order chi connectivity index (χ1) is 7.63. The summed E-state index contributed by atoms with van der Waals surface area (Å²) in [5.41, 5.74) is 5.38. The Kier molecular flexibility index (Phi) is 5.60. The van der Waals surface area contributed by atoms with Gasteiger partial charge in [0.2, 0.25) is 0 Å². The smallest absolute Gasteiger partial charge is 0.139 e. The Morgan fingerprint density at radius 3 is 2.75 bits per heavy atom. The SMILES string of the molecule is CC1CCC(OCCCC(N)=NO)CC1C. The molecule has 0 aromatic heterocycles. The Balaban J connectivity index is 2.10. The first kappa shape index (κ1) is 13.3. The van der Waals surface area contributed by atoms with Crippen LogP contribution in [0.1, 0.15) is 46.0 Å². The first-order valence-electron chi connectivity index (χ1n) is 6.21. The molecule has 0 radical (unpaired) electrons. The zero-order valence-electron chi connectivity index (χ0n) is 10.4. The van der Waals surface area contributed by atoms with E-state index in [2.05, 4.69) is 19.0 Å². The quantitative estimate of drug-likeness (QED) is 0.249. The summed E-state index contributed by atoms with van der Waals surface area (Å²) in [7, 11) is 0. The molecule has 1 rings (SSSR count). The summed E-state index contributed by atoms with van der Waals surface area (Å²) < 4.78 is 5.80. The van der Waals surface area contributed by atoms with Crippen LogP contribution in [-0.4, -0.2) is 23.8 Å². The third-order valence-corrected chi connectivity index (χ3v) is 3.61. The zero-order chi connectivity index (χ0) is 12.0. The second-order valence-electron chi connectivity index (χ2n) is 4.96. The number of nitrogens with zero attached hydrogens (tertiary/aromatic N) is 1. The molecule has 1 aliphatic carbocycles. The summed E-state index contributed by atoms with van der Waals surface area (Å²) in [6, 6.07) is 0. The fourth-order valence-corrected chi connectivity index (χ4v) is 2.20. The third-order valence-electron chi connectivity index (χ3n) is 3.61. The second kappa shape index (κ2) is 6.74. The number of rotatable bonds is 5. The molecule has 0 heterocycles. The van der Waals surface area contributed by atoms with Crippen molar-refractivity contribution in [2.45, 2.75) is 52.1 Å². The Bertz CT molecular complexity index is 231. The minimum Gasteiger partial charge on any atom is -0.409 e. The Morgan fingerprint density at radius 1 is 1.38 bits per heavy atom. The van der Waals surface area contributed by atoms with Crippen LogP contribution in [0.15, 0.2) is 5.16 Å². The average Bonchev–Trinajstić information content (AvgIpc) is 2.28. The van der Waals surface area contributed by atoms with Gasteiger partial charge in [0, 0.05) is 13.0 Å². The van der Waals surface area contributed by atoms with Crippen LogP contribution in [0.25, 0.3) is 0 Å². The maximum atomic E-state index is 8.37. The topological polar surface area (TPSA) is 67.8 Å². The highest BCUT2D eigenvalue weighted by Crippen LogP contribution is 2.30. The van der Waals surface area contributed by atoms with E-state index in [4.69, 9.17) is 15.7 Å². The lowest BCUT2D eigenvalue weighted by Crippen LogP contribution is -2.27. The van der Waals surface area contributed by atoms with Crippen molar-refractivity contribution in [3.8, 4) is 0 Å². The van der Waals surface area contributed by atoms with Crippen LogP contribution in [0.5, 0.6) is 0 Å². The number of oxime groups is 1. The lowest BCUT2D eigenvalue weighted by atomic mass is 9.80. The summed E-state index contributed by atoms with van der Waals surface area (Å²) in [5.74, 6) is 1.88. The van der Waals surface area contributed by atoms with E-state index < -0.39 is 0 Å². The van der Waals surface area contributed by atoms with Crippen LogP contribution < -0.4 is 5.73 Å². The molecule has 0 spiro atoms. The Labute approximate surface area is 97.8 Å². The van der Waals surface area contributed by atoms with Crippen molar-refractivity contribution in [3.63, 3.8) is 0 Å². The molecule has 0 amide bonds. The minimum absolute atomic E-state index is 0.286. The summed E-state index contributed by atoms with van der Waals surface area (Å²) in [4.78, 5) is 0. The number of nitrogens with two attached hydrogens (primary N) is 1. The predicted octanol–water partition coefficient (Wildman–Crippen LogP) is 2.35. The van der Waals surface area contributed by atoms with Crippen LogP contribution in [0.2, 0.25) is 0 Å². The van der Waals surface area contributed by atoms with E-state index in [9.17, 15) is 0 Å². The van der Waals surface area contributed by atoms with Crippen molar-refractivity contribution in [3.05, 3.63) is 0 Å². The molecule has 4 heteroatoms. The lowest BCUT2D eigenvalue weighted by Gasteiger charge is -2.31. The molecule has 3 N–H and O–H groups in total. The molecule has 16 heavy (non-hydrogen) atoms. The largest absolute Gasteiger partial charge is 0.409 e. The molecule has 0 aliphatic heterocycles. The van der Waals surface area contributed by atoms with Crippen LogP contribution in [0.3, 0.4) is 0 Å². The van der Waals surface area contributed by atoms with Crippen LogP contribution >= 0.6 is 0 Å². The van der Waals surface area contributed by atoms with Crippen molar-refractivity contribution in [2.75, 3.05) is 6.61 Å². The van der Waals surface area contributed by atoms with E-state index in [1.54, 1.807) is 0 Å². The number of hydrogen-bond donors (Lipinski definition) is 2. The molecule has 4 nitrogen and oxygen atoms in total. The van der Waals surface area contributed by atoms with E-state index in [1.165, 1.54) is 19.3 Å². The molecule has 0 aromatic carbocycles. The van der Waals surface area contributed by atoms with Crippen LogP contribution in [0.4, 0.5) is 0 Å². The van der Waals surface area contributed by atoms with Gasteiger partial charge < -0.3 is 15.7 Å². The van der Waals surface area contributed by atoms with Gasteiger partial charge in [-0.25, -0.2) is 0 Å². The maximum absolute atomic E-state index is 8.37. The molecular weight excluding hydrogens is 204 g/mol.